The van der Waals surface area contributed by atoms with Crippen LogP contribution in [0, 0.1) is 23.7 Å². The van der Waals surface area contributed by atoms with Crippen molar-refractivity contribution in [2.24, 2.45) is 29.4 Å². The number of carbonyl (C=O) groups is 3. The molecule has 1 aromatic carbocycles. The first-order valence-electron chi connectivity index (χ1n) is 10.3. The van der Waals surface area contributed by atoms with Gasteiger partial charge in [-0.2, -0.15) is 0 Å². The number of amides is 1. The summed E-state index contributed by atoms with van der Waals surface area (Å²) in [4.78, 5) is 40.0. The minimum Gasteiger partial charge on any atom is -0.510 e. The van der Waals surface area contributed by atoms with Gasteiger partial charge in [-0.1, -0.05) is 19.1 Å². The van der Waals surface area contributed by atoms with Gasteiger partial charge < -0.3 is 31.3 Å². The van der Waals surface area contributed by atoms with Crippen LogP contribution in [0.15, 0.2) is 29.5 Å². The molecular weight excluding hydrogens is 420 g/mol. The van der Waals surface area contributed by atoms with Crippen molar-refractivity contribution in [3.8, 4) is 5.75 Å². The van der Waals surface area contributed by atoms with E-state index < -0.39 is 76.3 Å². The molecule has 4 rings (SSSR count). The maximum absolute atomic E-state index is 13.4. The minimum absolute atomic E-state index is 0.0969. The number of carbonyl (C=O) groups excluding carboxylic acids is 3. The molecule has 0 radical (unpaired) electrons. The Morgan fingerprint density at radius 2 is 1.66 bits per heavy atom. The van der Waals surface area contributed by atoms with Gasteiger partial charge in [-0.25, -0.2) is 0 Å². The highest BCUT2D eigenvalue weighted by Crippen LogP contribution is 2.57. The lowest BCUT2D eigenvalue weighted by atomic mass is 9.50. The van der Waals surface area contributed by atoms with E-state index in [1.165, 1.54) is 25.1 Å². The first-order chi connectivity index (χ1) is 14.8. The van der Waals surface area contributed by atoms with Crippen molar-refractivity contribution >= 4 is 17.5 Å². The second-order valence-corrected chi connectivity index (χ2v) is 9.18. The number of nitrogens with zero attached hydrogens (tertiary/aromatic N) is 1. The fourth-order valence-electron chi connectivity index (χ4n) is 6.12. The molecule has 3 aliphatic carbocycles. The van der Waals surface area contributed by atoms with Gasteiger partial charge in [-0.3, -0.25) is 19.3 Å². The van der Waals surface area contributed by atoms with E-state index >= 15 is 0 Å². The Hall–Kier alpha value is -2.79. The molecule has 10 heteroatoms. The van der Waals surface area contributed by atoms with Crippen LogP contribution in [-0.4, -0.2) is 79.9 Å². The van der Waals surface area contributed by atoms with Crippen LogP contribution in [0.3, 0.4) is 0 Å². The zero-order chi connectivity index (χ0) is 23.9. The van der Waals surface area contributed by atoms with Gasteiger partial charge in [0.1, 0.15) is 17.1 Å². The number of fused-ring (bicyclic) bond motifs is 3. The zero-order valence-corrected chi connectivity index (χ0v) is 17.8. The monoisotopic (exact) mass is 446 g/mol. The molecule has 0 saturated heterocycles. The van der Waals surface area contributed by atoms with Crippen molar-refractivity contribution < 1.29 is 39.9 Å². The summed E-state index contributed by atoms with van der Waals surface area (Å²) in [7, 11) is 3.06. The lowest BCUT2D eigenvalue weighted by Crippen LogP contribution is -2.71. The third-order valence-corrected chi connectivity index (χ3v) is 7.38. The first-order valence-corrected chi connectivity index (χ1v) is 10.3. The number of phenolic OH excluding ortho intramolecular Hbond substituents is 1. The topological polar surface area (TPSA) is 182 Å². The number of hydrogen-bond acceptors (Lipinski definition) is 9. The predicted octanol–water partition coefficient (Wildman–Crippen LogP) is -0.977. The predicted molar refractivity (Wildman–Crippen MR) is 109 cm³/mol. The minimum atomic E-state index is -2.98. The second kappa shape index (κ2) is 7.11. The van der Waals surface area contributed by atoms with Gasteiger partial charge in [0.05, 0.1) is 29.5 Å². The van der Waals surface area contributed by atoms with Crippen molar-refractivity contribution in [1.29, 1.82) is 0 Å². The molecule has 0 aromatic heterocycles. The van der Waals surface area contributed by atoms with Gasteiger partial charge in [-0.15, -0.1) is 0 Å². The van der Waals surface area contributed by atoms with Crippen LogP contribution in [0.1, 0.15) is 28.8 Å². The third kappa shape index (κ3) is 2.70. The summed E-state index contributed by atoms with van der Waals surface area (Å²) in [5, 5.41) is 55.0. The van der Waals surface area contributed by atoms with E-state index in [9.17, 15) is 39.9 Å². The summed E-state index contributed by atoms with van der Waals surface area (Å²) in [5.41, 5.74) is 4.85. The number of hydrogen-bond donors (Lipinski definition) is 6. The van der Waals surface area contributed by atoms with Crippen LogP contribution in [-0.2, 0) is 9.59 Å². The lowest BCUT2D eigenvalue weighted by Gasteiger charge is -2.57. The van der Waals surface area contributed by atoms with Gasteiger partial charge in [0.2, 0.25) is 0 Å². The van der Waals surface area contributed by atoms with E-state index in [-0.39, 0.29) is 11.3 Å². The maximum atomic E-state index is 13.4. The molecule has 7 N–H and O–H groups in total. The van der Waals surface area contributed by atoms with Crippen molar-refractivity contribution in [3.63, 3.8) is 0 Å². The number of rotatable bonds is 2. The number of likely N-dealkylation sites (N-methyl/N-ethyl adjacent to an activating group) is 1. The molecule has 1 amide bonds. The van der Waals surface area contributed by atoms with Crippen LogP contribution >= 0.6 is 0 Å². The smallest absolute Gasteiger partial charge is 0.255 e. The van der Waals surface area contributed by atoms with E-state index in [1.54, 1.807) is 19.1 Å². The largest absolute Gasteiger partial charge is 0.510 e. The number of phenols is 1. The summed E-state index contributed by atoms with van der Waals surface area (Å²) >= 11 is 0. The second-order valence-electron chi connectivity index (χ2n) is 9.18. The summed E-state index contributed by atoms with van der Waals surface area (Å²) in [5.74, 6) is -13.6. The average molecular weight is 446 g/mol. The number of benzene rings is 1. The van der Waals surface area contributed by atoms with Gasteiger partial charge >= 0.3 is 0 Å². The molecular formula is C22H26N2O8. The van der Waals surface area contributed by atoms with Crippen molar-refractivity contribution in [2.45, 2.75) is 30.8 Å². The molecule has 0 spiro atoms. The van der Waals surface area contributed by atoms with Crippen molar-refractivity contribution in [3.05, 3.63) is 40.7 Å². The Balaban J connectivity index is 1.98. The molecule has 7 atom stereocenters. The van der Waals surface area contributed by atoms with Gasteiger partial charge in [0.15, 0.2) is 17.4 Å². The first kappa shape index (κ1) is 22.4. The molecule has 1 saturated carbocycles. The molecule has 0 bridgehead atoms. The highest BCUT2D eigenvalue weighted by molar-refractivity contribution is 6.21. The Morgan fingerprint density at radius 1 is 1.06 bits per heavy atom. The molecule has 32 heavy (non-hydrogen) atoms. The van der Waals surface area contributed by atoms with E-state index in [0.29, 0.717) is 5.56 Å². The van der Waals surface area contributed by atoms with E-state index in [4.69, 9.17) is 5.73 Å². The Labute approximate surface area is 183 Å². The number of primary amides is 1. The zero-order valence-electron chi connectivity index (χ0n) is 17.8. The number of aromatic hydroxyl groups is 1. The number of aliphatic hydroxyl groups excluding tert-OH is 2. The van der Waals surface area contributed by atoms with E-state index in [2.05, 4.69) is 0 Å². The number of aliphatic hydroxyl groups is 4. The lowest BCUT2D eigenvalue weighted by molar-refractivity contribution is -0.283. The molecule has 0 aliphatic heterocycles. The Bertz CT molecular complexity index is 1060. The van der Waals surface area contributed by atoms with Crippen LogP contribution in [0.25, 0.3) is 0 Å². The van der Waals surface area contributed by atoms with Crippen LogP contribution in [0.2, 0.25) is 0 Å². The number of nitrogens with two attached hydrogens (primary N) is 1. The Kier molecular flexibility index (Phi) is 4.98. The third-order valence-electron chi connectivity index (χ3n) is 7.38. The number of ketones is 2. The number of Topliss-reactive ketones (excluding diaryl/α,β-unsaturated/α-hetero) is 2. The molecule has 0 heterocycles. The fourth-order valence-corrected chi connectivity index (χ4v) is 6.12. The van der Waals surface area contributed by atoms with Crippen LogP contribution in [0.5, 0.6) is 5.75 Å². The molecule has 2 unspecified atom stereocenters. The van der Waals surface area contributed by atoms with Gasteiger partial charge in [0, 0.05) is 11.8 Å². The highest BCUT2D eigenvalue weighted by Gasteiger charge is 2.69. The van der Waals surface area contributed by atoms with Crippen molar-refractivity contribution in [2.75, 3.05) is 14.1 Å². The Morgan fingerprint density at radius 3 is 2.22 bits per heavy atom. The van der Waals surface area contributed by atoms with Gasteiger partial charge in [0.25, 0.3) is 5.91 Å². The van der Waals surface area contributed by atoms with Gasteiger partial charge in [-0.05, 0) is 31.6 Å². The molecule has 10 nitrogen and oxygen atoms in total. The molecule has 172 valence electrons. The van der Waals surface area contributed by atoms with Crippen LogP contribution < -0.4 is 5.73 Å². The summed E-state index contributed by atoms with van der Waals surface area (Å²) < 4.78 is 0. The average Bonchev–Trinajstić information content (AvgIpc) is 2.67. The van der Waals surface area contributed by atoms with E-state index in [0.717, 1.165) is 0 Å². The quantitative estimate of drug-likeness (QED) is 0.246. The van der Waals surface area contributed by atoms with E-state index in [1.807, 2.05) is 0 Å². The fraction of sp³-hybridized carbons (Fsp3) is 0.500. The summed E-state index contributed by atoms with van der Waals surface area (Å²) in [6.45, 7) is 1.68. The highest BCUT2D eigenvalue weighted by atomic mass is 16.5. The van der Waals surface area contributed by atoms with Crippen LogP contribution in [0.4, 0.5) is 0 Å². The molecule has 3 aliphatic rings. The standard InChI is InChI=1S/C22H26N2O8/c1-7-8-5-4-6-9(25)11(8)18(27)14-10(7)17(26)12-15(22(14,31)32)19(28)13(21(23)30)20(29)16(12)24(2)3/h4-7,10,12,14-17,25-26,29,31-32H,1-3H3,(H2,23,30)/t7?,10-,12-,14?,15-,16-,17+/m1/s1. The SMILES string of the molecule is CC1c2cccc(O)c2C(=O)C2[C@@H]1[C@H](O)[C@H]1[C@@H](N(C)C)C(O)=C(C(N)=O)C(=O)[C@@H]1C2(O)O. The molecule has 1 fully saturated rings. The molecule has 1 aromatic rings. The summed E-state index contributed by atoms with van der Waals surface area (Å²) in [6, 6.07) is 3.31. The maximum Gasteiger partial charge on any atom is 0.255 e. The van der Waals surface area contributed by atoms with Crippen molar-refractivity contribution in [1.82, 2.24) is 4.90 Å². The normalized spacial score (nSPS) is 35.9. The summed E-state index contributed by atoms with van der Waals surface area (Å²) in [6.07, 6.45) is -1.43.